The quantitative estimate of drug-likeness (QED) is 0.0298. The van der Waals surface area contributed by atoms with Gasteiger partial charge >= 0.3 is 0 Å². The summed E-state index contributed by atoms with van der Waals surface area (Å²) in [5.74, 6) is -16.7. The molecule has 0 aromatic carbocycles. The van der Waals surface area contributed by atoms with Crippen LogP contribution in [-0.2, 0) is 78.3 Å². The molecule has 0 spiro atoms. The number of hydrogen-bond donors (Lipinski definition) is 19. The van der Waals surface area contributed by atoms with E-state index in [-0.39, 0.29) is 100.0 Å². The van der Waals surface area contributed by atoms with E-state index in [1.54, 1.807) is 34.0 Å². The molecule has 4 fully saturated rings. The molecule has 15 amide bonds. The van der Waals surface area contributed by atoms with Crippen LogP contribution in [0.4, 0.5) is 0 Å². The number of aromatic nitrogens is 2. The van der Waals surface area contributed by atoms with Crippen LogP contribution in [0.25, 0.3) is 0 Å². The fourth-order valence-electron chi connectivity index (χ4n) is 11.2. The van der Waals surface area contributed by atoms with Gasteiger partial charge in [-0.1, -0.05) is 77.3 Å². The number of primary amides is 1. The maximum Gasteiger partial charge on any atom is 0.248 e. The first-order chi connectivity index (χ1) is 49.5. The second-order valence-corrected chi connectivity index (χ2v) is 31.5. The minimum atomic E-state index is -1.83. The number of nitrogens with one attached hydrogen (secondary N) is 13. The SMILES string of the molecule is CC[C@H](C)[C@@H]1NC(=O)[C@@H]2CCCN2C(=O)[C@H](CO)NC(=O)[C@H](CCSC)NC(=O)[C@H](C)NC(=O)[C@@H](CCCN=C(N)N)NC(=O)[C@@H]2CSSC[C@H](NC(=O)CN)C(=O)N[C@@H](CSSC[C@@H](C(N)=O)NC1=O)C(=O)N[C@@H](CO)C(=O)N[C@@H](Cc1cnc[nH]1)C(=O)N1CCC[C@H]1C(=O)N[C@@H](C(C)C)C(=O)N2. The summed E-state index contributed by atoms with van der Waals surface area (Å²) in [5, 5.41) is 52.4. The number of nitrogens with zero attached hydrogens (tertiary/aromatic N) is 4. The van der Waals surface area contributed by atoms with Crippen molar-refractivity contribution in [2.24, 2.45) is 39.8 Å². The molecule has 0 saturated carbocycles. The first kappa shape index (κ1) is 86.8. The molecule has 1 aromatic rings. The van der Waals surface area contributed by atoms with E-state index in [2.05, 4.69) is 78.8 Å². The molecule has 38 nitrogen and oxygen atoms in total. The third-order valence-electron chi connectivity index (χ3n) is 17.4. The molecule has 580 valence electrons. The number of hydrogen-bond acceptors (Lipinski definition) is 25. The molecule has 0 radical (unpaired) electrons. The van der Waals surface area contributed by atoms with Gasteiger partial charge in [-0.2, -0.15) is 11.8 Å². The summed E-state index contributed by atoms with van der Waals surface area (Å²) in [6.07, 6.45) is 5.00. The maximum atomic E-state index is 14.9. The Morgan fingerprint density at radius 2 is 1.12 bits per heavy atom. The van der Waals surface area contributed by atoms with Gasteiger partial charge in [0, 0.05) is 61.0 Å². The number of H-pyrrole nitrogens is 1. The number of rotatable bonds is 17. The van der Waals surface area contributed by atoms with Crippen LogP contribution in [-0.4, -0.2) is 284 Å². The minimum Gasteiger partial charge on any atom is -0.394 e. The number of carbonyl (C=O) groups is 15. The molecular formula is C61H99N21O17S5. The third kappa shape index (κ3) is 26.3. The molecule has 1 aromatic heterocycles. The molecule has 2 bridgehead atoms. The van der Waals surface area contributed by atoms with Crippen LogP contribution in [0.5, 0.6) is 0 Å². The summed E-state index contributed by atoms with van der Waals surface area (Å²) < 4.78 is 0. The number of aliphatic imine (C=N–C) groups is 1. The summed E-state index contributed by atoms with van der Waals surface area (Å²) in [5.41, 5.74) is 23.1. The number of imidazole rings is 1. The summed E-state index contributed by atoms with van der Waals surface area (Å²) in [7, 11) is 3.49. The second kappa shape index (κ2) is 43.6. The average molecular weight is 1560 g/mol. The van der Waals surface area contributed by atoms with Gasteiger partial charge in [0.05, 0.1) is 26.1 Å². The zero-order valence-electron chi connectivity index (χ0n) is 58.7. The summed E-state index contributed by atoms with van der Waals surface area (Å²) in [6, 6.07) is -20.9. The molecule has 104 heavy (non-hydrogen) atoms. The molecule has 5 heterocycles. The first-order valence-corrected chi connectivity index (χ1v) is 40.3. The van der Waals surface area contributed by atoms with E-state index in [0.29, 0.717) is 12.1 Å². The van der Waals surface area contributed by atoms with Crippen molar-refractivity contribution in [3.8, 4) is 0 Å². The molecule has 4 aliphatic heterocycles. The number of nitrogens with two attached hydrogens (primary N) is 4. The lowest BCUT2D eigenvalue weighted by Gasteiger charge is -2.31. The topological polar surface area (TPSA) is 592 Å². The van der Waals surface area contributed by atoms with Crippen LogP contribution in [0.1, 0.15) is 91.7 Å². The van der Waals surface area contributed by atoms with E-state index >= 15 is 0 Å². The van der Waals surface area contributed by atoms with Crippen molar-refractivity contribution in [2.45, 2.75) is 177 Å². The van der Waals surface area contributed by atoms with E-state index in [1.807, 2.05) is 0 Å². The number of guanidine groups is 1. The van der Waals surface area contributed by atoms with Crippen molar-refractivity contribution in [1.29, 1.82) is 0 Å². The van der Waals surface area contributed by atoms with Crippen LogP contribution in [0.15, 0.2) is 17.5 Å². The fraction of sp³-hybridized carbons (Fsp3) is 0.689. The fourth-order valence-corrected chi connectivity index (χ4v) is 16.4. The van der Waals surface area contributed by atoms with Crippen molar-refractivity contribution in [3.05, 3.63) is 18.2 Å². The predicted molar refractivity (Wildman–Crippen MR) is 390 cm³/mol. The van der Waals surface area contributed by atoms with Gasteiger partial charge in [0.25, 0.3) is 0 Å². The lowest BCUT2D eigenvalue weighted by Crippen LogP contribution is -2.62. The smallest absolute Gasteiger partial charge is 0.248 e. The summed E-state index contributed by atoms with van der Waals surface area (Å²) >= 11 is 1.31. The van der Waals surface area contributed by atoms with Gasteiger partial charge in [0.2, 0.25) is 88.6 Å². The Morgan fingerprint density at radius 1 is 0.615 bits per heavy atom. The Morgan fingerprint density at radius 3 is 1.67 bits per heavy atom. The van der Waals surface area contributed by atoms with Gasteiger partial charge < -0.3 is 112 Å². The average Bonchev–Trinajstić information content (AvgIpc) is 1.65. The highest BCUT2D eigenvalue weighted by molar-refractivity contribution is 8.77. The molecular weight excluding hydrogens is 1460 g/mol. The Bertz CT molecular complexity index is 3210. The number of carbonyl (C=O) groups excluding carboxylic acids is 15. The maximum absolute atomic E-state index is 14.9. The highest BCUT2D eigenvalue weighted by Gasteiger charge is 2.44. The van der Waals surface area contributed by atoms with Crippen LogP contribution in [0.3, 0.4) is 0 Å². The number of aromatic amines is 1. The van der Waals surface area contributed by atoms with Crippen LogP contribution in [0.2, 0.25) is 0 Å². The highest BCUT2D eigenvalue weighted by Crippen LogP contribution is 2.27. The van der Waals surface area contributed by atoms with Gasteiger partial charge in [0.15, 0.2) is 5.96 Å². The molecule has 43 heteroatoms. The number of fused-ring (bicyclic) bond motifs is 10. The van der Waals surface area contributed by atoms with E-state index in [9.17, 15) is 82.1 Å². The second-order valence-electron chi connectivity index (χ2n) is 25.4. The Labute approximate surface area is 621 Å². The van der Waals surface area contributed by atoms with Crippen molar-refractivity contribution in [2.75, 3.05) is 74.4 Å². The van der Waals surface area contributed by atoms with Crippen molar-refractivity contribution in [1.82, 2.24) is 83.6 Å². The molecule has 4 saturated heterocycles. The molecule has 4 aliphatic rings. The number of aliphatic hydroxyl groups excluding tert-OH is 2. The van der Waals surface area contributed by atoms with Crippen molar-refractivity contribution in [3.63, 3.8) is 0 Å². The van der Waals surface area contributed by atoms with Crippen LogP contribution in [0, 0.1) is 11.8 Å². The lowest BCUT2D eigenvalue weighted by atomic mass is 9.97. The van der Waals surface area contributed by atoms with Crippen LogP contribution >= 0.6 is 54.9 Å². The molecule has 5 rings (SSSR count). The van der Waals surface area contributed by atoms with Gasteiger partial charge in [-0.3, -0.25) is 76.9 Å². The van der Waals surface area contributed by atoms with Crippen molar-refractivity contribution >= 4 is 150 Å². The zero-order chi connectivity index (χ0) is 76.9. The minimum absolute atomic E-state index is 0.0103. The molecule has 23 N–H and O–H groups in total. The van der Waals surface area contributed by atoms with Gasteiger partial charge in [-0.25, -0.2) is 4.98 Å². The molecule has 0 aliphatic carbocycles. The van der Waals surface area contributed by atoms with Gasteiger partial charge in [-0.05, 0) is 75.7 Å². The third-order valence-corrected chi connectivity index (χ3v) is 22.9. The highest BCUT2D eigenvalue weighted by atomic mass is 33.1. The first-order valence-electron chi connectivity index (χ1n) is 33.9. The summed E-state index contributed by atoms with van der Waals surface area (Å²) in [4.78, 5) is 228. The molecule has 0 unspecified atom stereocenters. The van der Waals surface area contributed by atoms with E-state index < -0.39 is 211 Å². The largest absolute Gasteiger partial charge is 0.394 e. The Kier molecular flexibility index (Phi) is 36.4. The number of thioether (sulfide) groups is 1. The standard InChI is InChI=1S/C61H99N21O17S5/c1-7-30(4)46-58(97)76-38(47(63)86)24-101-103-26-40-54(93)74-36(22-83)51(90)73-35(19-32-21-66-28-68-32)59(98)81-16-9-12-42(81)55(94)79-45(29(2)3)57(96)78-41(27-104-102-25-39(52(91)77-40)70-44(85)20-62)53(92)72-33(11-8-15-67-61(64)65)49(88)69-31(5)48(87)71-34(14-18-100-6)50(89)75-37(23-84)60(99)82-17-10-13-43(82)56(95)80-46/h21,28-31,33-43,45-46,83-84H,7-20,22-27,62H2,1-6H3,(H2,63,86)(H,66,68)(H,69,88)(H,70,85)(H,71,87)(H,72,92)(H,73,90)(H,74,93)(H,75,89)(H,76,97)(H,77,91)(H,78,96)(H,79,94)(H,80,95)(H4,64,65,67)/t30-,31-,33+,34-,35-,36-,37-,38-,39-,40-,41-,42-,43-,45-,46-/m0/s1. The Hall–Kier alpha value is -7.84. The van der Waals surface area contributed by atoms with Gasteiger partial charge in [0.1, 0.15) is 84.6 Å². The van der Waals surface area contributed by atoms with Crippen LogP contribution < -0.4 is 86.7 Å². The number of amides is 15. The normalized spacial score (nSPS) is 28.5. The summed E-state index contributed by atoms with van der Waals surface area (Å²) in [6.45, 7) is 5.09. The van der Waals surface area contributed by atoms with Crippen molar-refractivity contribution < 1.29 is 82.1 Å². The van der Waals surface area contributed by atoms with E-state index in [0.717, 1.165) is 48.1 Å². The van der Waals surface area contributed by atoms with E-state index in [1.165, 1.54) is 36.1 Å². The predicted octanol–water partition coefficient (Wildman–Crippen LogP) is -7.50. The number of aliphatic hydroxyl groups is 2. The Balaban J connectivity index is 1.66. The molecule has 15 atom stereocenters. The van der Waals surface area contributed by atoms with E-state index in [4.69, 9.17) is 22.9 Å². The van der Waals surface area contributed by atoms with Gasteiger partial charge in [-0.15, -0.1) is 0 Å². The monoisotopic (exact) mass is 1560 g/mol. The zero-order valence-corrected chi connectivity index (χ0v) is 62.8. The lowest BCUT2D eigenvalue weighted by molar-refractivity contribution is -0.143.